The highest BCUT2D eigenvalue weighted by atomic mass is 35.5. The summed E-state index contributed by atoms with van der Waals surface area (Å²) in [6.07, 6.45) is 6.47. The monoisotopic (exact) mass is 397 g/mol. The van der Waals surface area contributed by atoms with Gasteiger partial charge in [-0.1, -0.05) is 48.7 Å². The minimum absolute atomic E-state index is 0.703. The quantitative estimate of drug-likeness (QED) is 0.501. The molecule has 1 fully saturated rings. The van der Waals surface area contributed by atoms with E-state index >= 15 is 0 Å². The first kappa shape index (κ1) is 19.3. The first-order valence-corrected chi connectivity index (χ1v) is 10.7. The number of likely N-dealkylation sites (tertiary alicyclic amines) is 1. The van der Waals surface area contributed by atoms with E-state index < -0.39 is 0 Å². The van der Waals surface area contributed by atoms with Crippen molar-refractivity contribution in [2.24, 2.45) is 0 Å². The minimum Gasteiger partial charge on any atom is -0.476 e. The lowest BCUT2D eigenvalue weighted by molar-refractivity contribution is 0.236. The maximum absolute atomic E-state index is 6.10. The highest BCUT2D eigenvalue weighted by Gasteiger charge is 2.13. The van der Waals surface area contributed by atoms with Gasteiger partial charge in [0.25, 0.3) is 0 Å². The molecule has 1 aliphatic heterocycles. The van der Waals surface area contributed by atoms with Gasteiger partial charge in [-0.2, -0.15) is 0 Å². The molecule has 2 heterocycles. The lowest BCUT2D eigenvalue weighted by atomic mass is 10.2. The van der Waals surface area contributed by atoms with Crippen molar-refractivity contribution in [3.05, 3.63) is 59.1 Å². The maximum Gasteiger partial charge on any atom is 0.240 e. The third kappa shape index (κ3) is 4.86. The molecular formula is C23H28ClN3O. The van der Waals surface area contributed by atoms with Crippen LogP contribution in [0.25, 0.3) is 10.9 Å². The van der Waals surface area contributed by atoms with E-state index in [1.165, 1.54) is 44.3 Å². The number of para-hydroxylation sites is 1. The summed E-state index contributed by atoms with van der Waals surface area (Å²) in [5.41, 5.74) is 2.27. The number of ether oxygens (including phenoxy) is 1. The molecule has 1 aliphatic rings. The molecule has 1 saturated heterocycles. The van der Waals surface area contributed by atoms with Crippen molar-refractivity contribution in [3.63, 3.8) is 0 Å². The summed E-state index contributed by atoms with van der Waals surface area (Å²) >= 11 is 6.00. The van der Waals surface area contributed by atoms with E-state index in [2.05, 4.69) is 17.0 Å². The molecule has 0 unspecified atom stereocenters. The molecule has 4 nitrogen and oxygen atoms in total. The van der Waals surface area contributed by atoms with Crippen LogP contribution in [0.15, 0.2) is 48.5 Å². The molecule has 0 spiro atoms. The van der Waals surface area contributed by atoms with E-state index in [9.17, 15) is 0 Å². The second-order valence-electron chi connectivity index (χ2n) is 7.56. The van der Waals surface area contributed by atoms with Crippen molar-refractivity contribution in [3.8, 4) is 5.88 Å². The van der Waals surface area contributed by atoms with Crippen LogP contribution in [0.3, 0.4) is 0 Å². The average molecular weight is 398 g/mol. The Kier molecular flexibility index (Phi) is 6.50. The standard InChI is InChI=1S/C23H28ClN3O/c24-20-12-10-19(11-13-20)18-27-22-9-4-3-8-21(22)23(25-27)28-17-7-16-26-14-5-1-2-6-15-26/h3-4,8-13H,1-2,5-7,14-18H2. The van der Waals surface area contributed by atoms with E-state index in [4.69, 9.17) is 21.4 Å². The maximum atomic E-state index is 6.10. The van der Waals surface area contributed by atoms with Gasteiger partial charge in [0.2, 0.25) is 5.88 Å². The van der Waals surface area contributed by atoms with Gasteiger partial charge >= 0.3 is 0 Å². The summed E-state index contributed by atoms with van der Waals surface area (Å²) in [6, 6.07) is 16.2. The number of hydrogen-bond donors (Lipinski definition) is 0. The summed E-state index contributed by atoms with van der Waals surface area (Å²) in [5, 5.41) is 6.58. The van der Waals surface area contributed by atoms with Crippen molar-refractivity contribution in [2.75, 3.05) is 26.2 Å². The fourth-order valence-electron chi connectivity index (χ4n) is 3.90. The third-order valence-electron chi connectivity index (χ3n) is 5.43. The van der Waals surface area contributed by atoms with Crippen LogP contribution in [-0.2, 0) is 6.54 Å². The highest BCUT2D eigenvalue weighted by molar-refractivity contribution is 6.30. The number of halogens is 1. The summed E-state index contributed by atoms with van der Waals surface area (Å²) in [7, 11) is 0. The zero-order valence-electron chi connectivity index (χ0n) is 16.3. The molecule has 28 heavy (non-hydrogen) atoms. The van der Waals surface area contributed by atoms with Crippen molar-refractivity contribution < 1.29 is 4.74 Å². The third-order valence-corrected chi connectivity index (χ3v) is 5.68. The summed E-state index contributed by atoms with van der Waals surface area (Å²) in [5.74, 6) is 0.737. The first-order valence-electron chi connectivity index (χ1n) is 10.3. The van der Waals surface area contributed by atoms with E-state index in [-0.39, 0.29) is 0 Å². The first-order chi connectivity index (χ1) is 13.8. The Balaban J connectivity index is 1.40. The van der Waals surface area contributed by atoms with Gasteiger partial charge in [-0.25, -0.2) is 0 Å². The van der Waals surface area contributed by atoms with E-state index in [0.29, 0.717) is 13.2 Å². The van der Waals surface area contributed by atoms with Gasteiger partial charge < -0.3 is 9.64 Å². The molecule has 0 saturated carbocycles. The van der Waals surface area contributed by atoms with Gasteiger partial charge in [0.15, 0.2) is 0 Å². The van der Waals surface area contributed by atoms with E-state index in [0.717, 1.165) is 34.8 Å². The fraction of sp³-hybridized carbons (Fsp3) is 0.435. The number of fused-ring (bicyclic) bond motifs is 1. The van der Waals surface area contributed by atoms with Gasteiger partial charge in [-0.3, -0.25) is 4.68 Å². The predicted molar refractivity (Wildman–Crippen MR) is 115 cm³/mol. The van der Waals surface area contributed by atoms with E-state index in [1.54, 1.807) is 0 Å². The molecule has 4 rings (SSSR count). The van der Waals surface area contributed by atoms with Crippen LogP contribution < -0.4 is 4.74 Å². The van der Waals surface area contributed by atoms with Crippen LogP contribution in [0.5, 0.6) is 5.88 Å². The number of benzene rings is 2. The van der Waals surface area contributed by atoms with Crippen LogP contribution in [-0.4, -0.2) is 40.9 Å². The van der Waals surface area contributed by atoms with Crippen LogP contribution in [0.2, 0.25) is 5.02 Å². The highest BCUT2D eigenvalue weighted by Crippen LogP contribution is 2.26. The van der Waals surface area contributed by atoms with Gasteiger partial charge in [0, 0.05) is 11.6 Å². The molecular weight excluding hydrogens is 370 g/mol. The molecule has 1 aromatic heterocycles. The molecule has 0 amide bonds. The molecule has 3 aromatic rings. The number of aromatic nitrogens is 2. The van der Waals surface area contributed by atoms with Gasteiger partial charge in [-0.05, 0) is 62.2 Å². The molecule has 0 atom stereocenters. The average Bonchev–Trinajstić information content (AvgIpc) is 2.88. The van der Waals surface area contributed by atoms with Crippen molar-refractivity contribution in [2.45, 2.75) is 38.6 Å². The zero-order valence-corrected chi connectivity index (χ0v) is 17.1. The smallest absolute Gasteiger partial charge is 0.240 e. The van der Waals surface area contributed by atoms with Crippen molar-refractivity contribution in [1.29, 1.82) is 0 Å². The van der Waals surface area contributed by atoms with Crippen LogP contribution in [0.4, 0.5) is 0 Å². The lowest BCUT2D eigenvalue weighted by Gasteiger charge is -2.19. The van der Waals surface area contributed by atoms with Gasteiger partial charge in [0.1, 0.15) is 0 Å². The molecule has 0 N–H and O–H groups in total. The SMILES string of the molecule is Clc1ccc(Cn2nc(OCCCN3CCCCCC3)c3ccccc32)cc1. The van der Waals surface area contributed by atoms with Crippen molar-refractivity contribution >= 4 is 22.5 Å². The Bertz CT molecular complexity index is 883. The Morgan fingerprint density at radius 3 is 2.46 bits per heavy atom. The Morgan fingerprint density at radius 1 is 0.929 bits per heavy atom. The molecule has 0 radical (unpaired) electrons. The molecule has 148 valence electrons. The molecule has 0 aliphatic carbocycles. The van der Waals surface area contributed by atoms with Crippen molar-refractivity contribution in [1.82, 2.24) is 14.7 Å². The van der Waals surface area contributed by atoms with Crippen LogP contribution >= 0.6 is 11.6 Å². The summed E-state index contributed by atoms with van der Waals surface area (Å²) < 4.78 is 8.12. The van der Waals surface area contributed by atoms with Gasteiger partial charge in [-0.15, -0.1) is 5.10 Å². The fourth-order valence-corrected chi connectivity index (χ4v) is 4.03. The number of rotatable bonds is 7. The molecule has 5 heteroatoms. The Labute approximate surface area is 172 Å². The summed E-state index contributed by atoms with van der Waals surface area (Å²) in [4.78, 5) is 2.58. The topological polar surface area (TPSA) is 30.3 Å². The lowest BCUT2D eigenvalue weighted by Crippen LogP contribution is -2.26. The number of nitrogens with zero attached hydrogens (tertiary/aromatic N) is 3. The molecule has 0 bridgehead atoms. The molecule has 2 aromatic carbocycles. The van der Waals surface area contributed by atoms with Crippen LogP contribution in [0, 0.1) is 0 Å². The normalized spacial score (nSPS) is 15.6. The zero-order chi connectivity index (χ0) is 19.2. The Hall–Kier alpha value is -2.04. The predicted octanol–water partition coefficient (Wildman–Crippen LogP) is 5.38. The second-order valence-corrected chi connectivity index (χ2v) is 8.00. The minimum atomic E-state index is 0.703. The van der Waals surface area contributed by atoms with Crippen LogP contribution in [0.1, 0.15) is 37.7 Å². The number of hydrogen-bond acceptors (Lipinski definition) is 3. The summed E-state index contributed by atoms with van der Waals surface area (Å²) in [6.45, 7) is 4.99. The van der Waals surface area contributed by atoms with Gasteiger partial charge in [0.05, 0.1) is 24.1 Å². The van der Waals surface area contributed by atoms with E-state index in [1.807, 2.05) is 41.1 Å². The second kappa shape index (κ2) is 9.44. The largest absolute Gasteiger partial charge is 0.476 e. The Morgan fingerprint density at radius 2 is 1.68 bits per heavy atom.